The van der Waals surface area contributed by atoms with Gasteiger partial charge in [0.25, 0.3) is 5.91 Å². The second-order valence-electron chi connectivity index (χ2n) is 6.46. The van der Waals surface area contributed by atoms with Crippen LogP contribution in [-0.2, 0) is 0 Å². The maximum absolute atomic E-state index is 12.5. The molecular weight excluding hydrogens is 350 g/mol. The van der Waals surface area contributed by atoms with Crippen molar-refractivity contribution in [2.75, 3.05) is 18.4 Å². The number of amides is 3. The van der Waals surface area contributed by atoms with E-state index in [0.29, 0.717) is 16.3 Å². The standard InChI is InChI=1S/C20H22ClN3O2/c1-14(15-6-4-8-17(21)12-15)22-20(26)23-18-9-5-7-16(13-18)19(25)24-10-2-3-11-24/h4-9,12-14H,2-3,10-11H2,1H3,(H2,22,23,26). The minimum Gasteiger partial charge on any atom is -0.339 e. The third-order valence-corrected chi connectivity index (χ3v) is 4.69. The Kier molecular flexibility index (Phi) is 5.78. The molecule has 3 amide bonds. The molecule has 3 rings (SSSR count). The summed E-state index contributed by atoms with van der Waals surface area (Å²) in [7, 11) is 0. The van der Waals surface area contributed by atoms with Gasteiger partial charge in [-0.15, -0.1) is 0 Å². The van der Waals surface area contributed by atoms with Crippen LogP contribution in [0.5, 0.6) is 0 Å². The van der Waals surface area contributed by atoms with Gasteiger partial charge in [-0.1, -0.05) is 29.8 Å². The topological polar surface area (TPSA) is 61.4 Å². The van der Waals surface area contributed by atoms with Gasteiger partial charge in [0.15, 0.2) is 0 Å². The lowest BCUT2D eigenvalue weighted by Gasteiger charge is -2.17. The van der Waals surface area contributed by atoms with Gasteiger partial charge in [0.2, 0.25) is 0 Å². The highest BCUT2D eigenvalue weighted by Crippen LogP contribution is 2.19. The molecule has 1 aliphatic rings. The van der Waals surface area contributed by atoms with Crippen LogP contribution >= 0.6 is 11.6 Å². The monoisotopic (exact) mass is 371 g/mol. The summed E-state index contributed by atoms with van der Waals surface area (Å²) in [4.78, 5) is 26.6. The van der Waals surface area contributed by atoms with Gasteiger partial charge >= 0.3 is 6.03 Å². The number of likely N-dealkylation sites (tertiary alicyclic amines) is 1. The summed E-state index contributed by atoms with van der Waals surface area (Å²) in [6.07, 6.45) is 2.10. The average molecular weight is 372 g/mol. The second-order valence-corrected chi connectivity index (χ2v) is 6.89. The molecular formula is C20H22ClN3O2. The number of hydrogen-bond acceptors (Lipinski definition) is 2. The fourth-order valence-corrected chi connectivity index (χ4v) is 3.25. The van der Waals surface area contributed by atoms with E-state index in [4.69, 9.17) is 11.6 Å². The third kappa shape index (κ3) is 4.55. The number of anilines is 1. The van der Waals surface area contributed by atoms with Gasteiger partial charge in [0, 0.05) is 29.4 Å². The molecule has 0 aromatic heterocycles. The average Bonchev–Trinajstić information content (AvgIpc) is 3.16. The Balaban J connectivity index is 1.62. The van der Waals surface area contributed by atoms with Gasteiger partial charge in [-0.25, -0.2) is 4.79 Å². The van der Waals surface area contributed by atoms with Crippen molar-refractivity contribution in [3.63, 3.8) is 0 Å². The number of carbonyl (C=O) groups is 2. The number of carbonyl (C=O) groups excluding carboxylic acids is 2. The van der Waals surface area contributed by atoms with E-state index < -0.39 is 0 Å². The van der Waals surface area contributed by atoms with Crippen molar-refractivity contribution < 1.29 is 9.59 Å². The van der Waals surface area contributed by atoms with Crippen LogP contribution in [-0.4, -0.2) is 29.9 Å². The molecule has 1 unspecified atom stereocenters. The van der Waals surface area contributed by atoms with E-state index in [0.717, 1.165) is 31.5 Å². The first kappa shape index (κ1) is 18.3. The zero-order valence-electron chi connectivity index (χ0n) is 14.7. The third-order valence-electron chi connectivity index (χ3n) is 4.46. The number of benzene rings is 2. The van der Waals surface area contributed by atoms with Crippen molar-refractivity contribution in [2.24, 2.45) is 0 Å². The maximum atomic E-state index is 12.5. The second kappa shape index (κ2) is 8.23. The predicted octanol–water partition coefficient (Wildman–Crippen LogP) is 4.46. The molecule has 0 radical (unpaired) electrons. The van der Waals surface area contributed by atoms with E-state index in [1.54, 1.807) is 30.3 Å². The largest absolute Gasteiger partial charge is 0.339 e. The summed E-state index contributed by atoms with van der Waals surface area (Å²) in [5.41, 5.74) is 2.10. The quantitative estimate of drug-likeness (QED) is 0.833. The van der Waals surface area contributed by atoms with Gasteiger partial charge in [0.1, 0.15) is 0 Å². The molecule has 1 atom stereocenters. The Morgan fingerprint density at radius 3 is 2.54 bits per heavy atom. The number of nitrogens with one attached hydrogen (secondary N) is 2. The van der Waals surface area contributed by atoms with Gasteiger partial charge in [-0.2, -0.15) is 0 Å². The number of nitrogens with zero attached hydrogens (tertiary/aromatic N) is 1. The Morgan fingerprint density at radius 1 is 1.08 bits per heavy atom. The molecule has 1 aliphatic heterocycles. The highest BCUT2D eigenvalue weighted by Gasteiger charge is 2.19. The molecule has 1 heterocycles. The SMILES string of the molecule is CC(NC(=O)Nc1cccc(C(=O)N2CCCC2)c1)c1cccc(Cl)c1. The molecule has 6 heteroatoms. The highest BCUT2D eigenvalue weighted by atomic mass is 35.5. The molecule has 2 N–H and O–H groups in total. The molecule has 0 bridgehead atoms. The van der Waals surface area contributed by atoms with Crippen LogP contribution in [0.2, 0.25) is 5.02 Å². The van der Waals surface area contributed by atoms with Crippen molar-refractivity contribution in [1.29, 1.82) is 0 Å². The van der Waals surface area contributed by atoms with Crippen molar-refractivity contribution in [3.05, 3.63) is 64.7 Å². The number of hydrogen-bond donors (Lipinski definition) is 2. The van der Waals surface area contributed by atoms with E-state index in [2.05, 4.69) is 10.6 Å². The lowest BCUT2D eigenvalue weighted by atomic mass is 10.1. The molecule has 0 aliphatic carbocycles. The van der Waals surface area contributed by atoms with Crippen LogP contribution in [0.4, 0.5) is 10.5 Å². The number of halogens is 1. The Hall–Kier alpha value is -2.53. The summed E-state index contributed by atoms with van der Waals surface area (Å²) >= 11 is 5.99. The van der Waals surface area contributed by atoms with Crippen LogP contribution in [0.15, 0.2) is 48.5 Å². The first-order valence-electron chi connectivity index (χ1n) is 8.75. The summed E-state index contributed by atoms with van der Waals surface area (Å²) in [6, 6.07) is 13.9. The van der Waals surface area contributed by atoms with Crippen molar-refractivity contribution in [1.82, 2.24) is 10.2 Å². The number of urea groups is 1. The first-order valence-corrected chi connectivity index (χ1v) is 9.13. The number of rotatable bonds is 4. The van der Waals surface area contributed by atoms with Gasteiger partial charge in [-0.05, 0) is 55.7 Å². The molecule has 2 aromatic carbocycles. The Labute approximate surface area is 158 Å². The van der Waals surface area contributed by atoms with Crippen LogP contribution in [0, 0.1) is 0 Å². The molecule has 0 saturated carbocycles. The minimum atomic E-state index is -0.330. The Bertz CT molecular complexity index is 803. The zero-order valence-corrected chi connectivity index (χ0v) is 15.4. The van der Waals surface area contributed by atoms with Gasteiger partial charge < -0.3 is 15.5 Å². The van der Waals surface area contributed by atoms with Crippen LogP contribution < -0.4 is 10.6 Å². The van der Waals surface area contributed by atoms with Crippen molar-refractivity contribution in [2.45, 2.75) is 25.8 Å². The lowest BCUT2D eigenvalue weighted by molar-refractivity contribution is 0.0793. The molecule has 2 aromatic rings. The molecule has 26 heavy (non-hydrogen) atoms. The lowest BCUT2D eigenvalue weighted by Crippen LogP contribution is -2.31. The van der Waals surface area contributed by atoms with Crippen LogP contribution in [0.1, 0.15) is 41.7 Å². The zero-order chi connectivity index (χ0) is 18.5. The fraction of sp³-hybridized carbons (Fsp3) is 0.300. The maximum Gasteiger partial charge on any atom is 0.319 e. The van der Waals surface area contributed by atoms with E-state index in [9.17, 15) is 9.59 Å². The summed E-state index contributed by atoms with van der Waals surface area (Å²) in [5, 5.41) is 6.29. The van der Waals surface area contributed by atoms with Gasteiger partial charge in [-0.3, -0.25) is 4.79 Å². The smallest absolute Gasteiger partial charge is 0.319 e. The van der Waals surface area contributed by atoms with Crippen LogP contribution in [0.3, 0.4) is 0 Å². The normalized spacial score (nSPS) is 14.8. The fourth-order valence-electron chi connectivity index (χ4n) is 3.06. The van der Waals surface area contributed by atoms with Gasteiger partial charge in [0.05, 0.1) is 6.04 Å². The van der Waals surface area contributed by atoms with E-state index in [1.807, 2.05) is 30.0 Å². The molecule has 0 spiro atoms. The van der Waals surface area contributed by atoms with E-state index >= 15 is 0 Å². The van der Waals surface area contributed by atoms with Crippen molar-refractivity contribution >= 4 is 29.2 Å². The Morgan fingerprint density at radius 2 is 1.81 bits per heavy atom. The summed E-state index contributed by atoms with van der Waals surface area (Å²) in [6.45, 7) is 3.49. The summed E-state index contributed by atoms with van der Waals surface area (Å²) in [5.74, 6) is 0.0128. The summed E-state index contributed by atoms with van der Waals surface area (Å²) < 4.78 is 0. The van der Waals surface area contributed by atoms with Crippen LogP contribution in [0.25, 0.3) is 0 Å². The molecule has 1 saturated heterocycles. The molecule has 1 fully saturated rings. The first-order chi connectivity index (χ1) is 12.5. The molecule has 136 valence electrons. The predicted molar refractivity (Wildman–Crippen MR) is 104 cm³/mol. The molecule has 5 nitrogen and oxygen atoms in total. The highest BCUT2D eigenvalue weighted by molar-refractivity contribution is 6.30. The van der Waals surface area contributed by atoms with E-state index in [-0.39, 0.29) is 18.0 Å². The van der Waals surface area contributed by atoms with E-state index in [1.165, 1.54) is 0 Å². The van der Waals surface area contributed by atoms with Crippen molar-refractivity contribution in [3.8, 4) is 0 Å². The minimum absolute atomic E-state index is 0.0128.